The van der Waals surface area contributed by atoms with Crippen molar-refractivity contribution in [3.63, 3.8) is 0 Å². The molecule has 0 unspecified atom stereocenters. The van der Waals surface area contributed by atoms with Gasteiger partial charge in [-0.25, -0.2) is 0 Å². The summed E-state index contributed by atoms with van der Waals surface area (Å²) in [7, 11) is 0. The van der Waals surface area contributed by atoms with Crippen molar-refractivity contribution in [3.8, 4) is 0 Å². The Morgan fingerprint density at radius 1 is 0.952 bits per heavy atom. The van der Waals surface area contributed by atoms with Crippen LogP contribution in [-0.2, 0) is 6.42 Å². The normalized spacial score (nSPS) is 10.5. The summed E-state index contributed by atoms with van der Waals surface area (Å²) in [5.74, 6) is 0. The van der Waals surface area contributed by atoms with Gasteiger partial charge in [0, 0.05) is 29.5 Å². The topological polar surface area (TPSA) is 24.1 Å². The van der Waals surface area contributed by atoms with Gasteiger partial charge in [-0.1, -0.05) is 42.8 Å². The van der Waals surface area contributed by atoms with Crippen LogP contribution in [0.5, 0.6) is 0 Å². The Morgan fingerprint density at radius 2 is 1.71 bits per heavy atom. The predicted molar refractivity (Wildman–Crippen MR) is 93.7 cm³/mol. The van der Waals surface area contributed by atoms with Crippen molar-refractivity contribution in [2.24, 2.45) is 0 Å². The largest absolute Gasteiger partial charge is 0.383 e. The summed E-state index contributed by atoms with van der Waals surface area (Å²) >= 11 is 6.13. The van der Waals surface area contributed by atoms with Gasteiger partial charge in [0.1, 0.15) is 0 Å². The molecule has 0 aromatic heterocycles. The lowest BCUT2D eigenvalue weighted by atomic mass is 10.1. The number of para-hydroxylation sites is 1. The third kappa shape index (κ3) is 4.15. The highest BCUT2D eigenvalue weighted by molar-refractivity contribution is 6.31. The van der Waals surface area contributed by atoms with Crippen molar-refractivity contribution >= 4 is 23.0 Å². The number of benzene rings is 2. The van der Waals surface area contributed by atoms with Crippen molar-refractivity contribution in [1.29, 1.82) is 0 Å². The van der Waals surface area contributed by atoms with E-state index in [1.165, 1.54) is 16.8 Å². The number of hydrogen-bond acceptors (Lipinski definition) is 2. The molecular formula is C18H23ClN2. The van der Waals surface area contributed by atoms with Crippen molar-refractivity contribution in [2.45, 2.75) is 27.2 Å². The van der Waals surface area contributed by atoms with E-state index in [2.05, 4.69) is 48.7 Å². The van der Waals surface area contributed by atoms with Gasteiger partial charge in [-0.2, -0.15) is 0 Å². The van der Waals surface area contributed by atoms with Crippen LogP contribution in [0.3, 0.4) is 0 Å². The van der Waals surface area contributed by atoms with E-state index in [0.717, 1.165) is 35.8 Å². The van der Waals surface area contributed by atoms with Gasteiger partial charge < -0.3 is 10.6 Å². The zero-order valence-electron chi connectivity index (χ0n) is 13.0. The second-order valence-corrected chi connectivity index (χ2v) is 5.69. The van der Waals surface area contributed by atoms with Crippen LogP contribution in [0.2, 0.25) is 5.02 Å². The highest BCUT2D eigenvalue weighted by Gasteiger charge is 2.03. The summed E-state index contributed by atoms with van der Waals surface area (Å²) in [5, 5.41) is 7.73. The molecule has 2 N–H and O–H groups in total. The fraction of sp³-hybridized carbons (Fsp3) is 0.333. The molecule has 0 aliphatic rings. The third-order valence-corrected chi connectivity index (χ3v) is 4.07. The summed E-state index contributed by atoms with van der Waals surface area (Å²) in [6, 6.07) is 12.5. The fourth-order valence-electron chi connectivity index (χ4n) is 2.37. The van der Waals surface area contributed by atoms with E-state index in [-0.39, 0.29) is 0 Å². The number of nitrogens with one attached hydrogen (secondary N) is 2. The Labute approximate surface area is 132 Å². The Balaban J connectivity index is 1.89. The zero-order chi connectivity index (χ0) is 15.2. The van der Waals surface area contributed by atoms with Gasteiger partial charge >= 0.3 is 0 Å². The van der Waals surface area contributed by atoms with E-state index in [0.29, 0.717) is 0 Å². The van der Waals surface area contributed by atoms with E-state index < -0.39 is 0 Å². The number of hydrogen-bond donors (Lipinski definition) is 2. The molecule has 0 heterocycles. The van der Waals surface area contributed by atoms with Gasteiger partial charge in [0.2, 0.25) is 0 Å². The standard InChI is InChI=1S/C18H23ClN2/c1-4-15-7-5-6-14(3)18(15)21-11-10-20-16-9-8-13(2)17(19)12-16/h5-9,12,20-21H,4,10-11H2,1-3H3. The van der Waals surface area contributed by atoms with Crippen LogP contribution in [0.1, 0.15) is 23.6 Å². The smallest absolute Gasteiger partial charge is 0.0455 e. The van der Waals surface area contributed by atoms with Gasteiger partial charge in [-0.15, -0.1) is 0 Å². The minimum atomic E-state index is 0.806. The summed E-state index contributed by atoms with van der Waals surface area (Å²) < 4.78 is 0. The number of aryl methyl sites for hydroxylation is 3. The molecule has 0 aliphatic heterocycles. The Bertz CT molecular complexity index is 608. The molecule has 2 aromatic carbocycles. The average Bonchev–Trinajstić information content (AvgIpc) is 2.48. The van der Waals surface area contributed by atoms with Crippen LogP contribution in [-0.4, -0.2) is 13.1 Å². The van der Waals surface area contributed by atoms with Crippen molar-refractivity contribution in [2.75, 3.05) is 23.7 Å². The van der Waals surface area contributed by atoms with Gasteiger partial charge in [0.05, 0.1) is 0 Å². The zero-order valence-corrected chi connectivity index (χ0v) is 13.7. The summed E-state index contributed by atoms with van der Waals surface area (Å²) in [6.07, 6.45) is 1.05. The number of rotatable bonds is 6. The second-order valence-electron chi connectivity index (χ2n) is 5.28. The minimum Gasteiger partial charge on any atom is -0.383 e. The summed E-state index contributed by atoms with van der Waals surface area (Å²) in [6.45, 7) is 8.08. The third-order valence-electron chi connectivity index (χ3n) is 3.67. The molecule has 3 heteroatoms. The first-order chi connectivity index (χ1) is 10.1. The van der Waals surface area contributed by atoms with E-state index in [9.17, 15) is 0 Å². The van der Waals surface area contributed by atoms with Crippen LogP contribution in [0.25, 0.3) is 0 Å². The SMILES string of the molecule is CCc1cccc(C)c1NCCNc1ccc(C)c(Cl)c1. The molecule has 112 valence electrons. The molecule has 0 fully saturated rings. The molecular weight excluding hydrogens is 280 g/mol. The highest BCUT2D eigenvalue weighted by atomic mass is 35.5. The van der Waals surface area contributed by atoms with Crippen LogP contribution >= 0.6 is 11.6 Å². The van der Waals surface area contributed by atoms with Crippen LogP contribution in [0, 0.1) is 13.8 Å². The first-order valence-corrected chi connectivity index (χ1v) is 7.82. The Kier molecular flexibility index (Phi) is 5.51. The van der Waals surface area contributed by atoms with Gasteiger partial charge in [0.25, 0.3) is 0 Å². The van der Waals surface area contributed by atoms with Crippen LogP contribution in [0.4, 0.5) is 11.4 Å². The van der Waals surface area contributed by atoms with Crippen LogP contribution < -0.4 is 10.6 Å². The molecule has 0 aliphatic carbocycles. The second kappa shape index (κ2) is 7.37. The lowest BCUT2D eigenvalue weighted by Crippen LogP contribution is -2.15. The van der Waals surface area contributed by atoms with E-state index in [1.54, 1.807) is 0 Å². The van der Waals surface area contributed by atoms with Gasteiger partial charge in [-0.3, -0.25) is 0 Å². The first kappa shape index (κ1) is 15.7. The maximum Gasteiger partial charge on any atom is 0.0455 e. The Hall–Kier alpha value is -1.67. The quantitative estimate of drug-likeness (QED) is 0.730. The van der Waals surface area contributed by atoms with Gasteiger partial charge in [0.15, 0.2) is 0 Å². The van der Waals surface area contributed by atoms with Crippen LogP contribution in [0.15, 0.2) is 36.4 Å². The lowest BCUT2D eigenvalue weighted by Gasteiger charge is -2.15. The molecule has 0 atom stereocenters. The van der Waals surface area contributed by atoms with Crippen molar-refractivity contribution < 1.29 is 0 Å². The summed E-state index contributed by atoms with van der Waals surface area (Å²) in [4.78, 5) is 0. The molecule has 0 spiro atoms. The van der Waals surface area contributed by atoms with Crippen molar-refractivity contribution in [3.05, 3.63) is 58.1 Å². The molecule has 0 amide bonds. The van der Waals surface area contributed by atoms with E-state index >= 15 is 0 Å². The number of halogens is 1. The number of anilines is 2. The molecule has 0 saturated heterocycles. The van der Waals surface area contributed by atoms with Crippen molar-refractivity contribution in [1.82, 2.24) is 0 Å². The van der Waals surface area contributed by atoms with E-state index in [1.807, 2.05) is 19.1 Å². The average molecular weight is 303 g/mol. The summed E-state index contributed by atoms with van der Waals surface area (Å²) in [5.41, 5.74) is 6.10. The molecule has 0 saturated carbocycles. The predicted octanol–water partition coefficient (Wildman–Crippen LogP) is 5.04. The maximum atomic E-state index is 6.13. The Morgan fingerprint density at radius 3 is 2.43 bits per heavy atom. The first-order valence-electron chi connectivity index (χ1n) is 7.44. The maximum absolute atomic E-state index is 6.13. The minimum absolute atomic E-state index is 0.806. The van der Waals surface area contributed by atoms with Gasteiger partial charge in [-0.05, 0) is 49.1 Å². The van der Waals surface area contributed by atoms with E-state index in [4.69, 9.17) is 11.6 Å². The molecule has 0 bridgehead atoms. The molecule has 2 aromatic rings. The molecule has 0 radical (unpaired) electrons. The monoisotopic (exact) mass is 302 g/mol. The lowest BCUT2D eigenvalue weighted by molar-refractivity contribution is 1.05. The molecule has 21 heavy (non-hydrogen) atoms. The highest BCUT2D eigenvalue weighted by Crippen LogP contribution is 2.21. The fourth-order valence-corrected chi connectivity index (χ4v) is 2.55. The molecule has 2 rings (SSSR count). The molecule has 2 nitrogen and oxygen atoms in total.